The van der Waals surface area contributed by atoms with Gasteiger partial charge in [0.15, 0.2) is 11.5 Å². The van der Waals surface area contributed by atoms with Gasteiger partial charge < -0.3 is 19.7 Å². The lowest BCUT2D eigenvalue weighted by Gasteiger charge is -2.32. The van der Waals surface area contributed by atoms with Crippen molar-refractivity contribution in [2.24, 2.45) is 0 Å². The number of hydrogen-bond donors (Lipinski definition) is 1. The molecule has 4 aromatic carbocycles. The van der Waals surface area contributed by atoms with Crippen LogP contribution in [0.5, 0.6) is 11.5 Å². The first kappa shape index (κ1) is 30.3. The van der Waals surface area contributed by atoms with Crippen LogP contribution in [-0.2, 0) is 35.4 Å². The van der Waals surface area contributed by atoms with Crippen molar-refractivity contribution in [1.29, 1.82) is 0 Å². The van der Waals surface area contributed by atoms with Crippen molar-refractivity contribution in [3.05, 3.63) is 131 Å². The van der Waals surface area contributed by atoms with Crippen molar-refractivity contribution >= 4 is 11.8 Å². The molecule has 0 fully saturated rings. The smallest absolute Gasteiger partial charge is 0.243 e. The minimum Gasteiger partial charge on any atom is -0.493 e. The number of aryl methyl sites for hydroxylation is 1. The third-order valence-electron chi connectivity index (χ3n) is 7.17. The van der Waals surface area contributed by atoms with Crippen LogP contribution in [0.15, 0.2) is 103 Å². The van der Waals surface area contributed by atoms with E-state index in [0.29, 0.717) is 37.3 Å². The van der Waals surface area contributed by atoms with Crippen LogP contribution in [0.1, 0.15) is 28.7 Å². The molecule has 0 heterocycles. The Kier molecular flexibility index (Phi) is 11.1. The third kappa shape index (κ3) is 8.67. The van der Waals surface area contributed by atoms with E-state index in [2.05, 4.69) is 5.32 Å². The molecule has 4 aromatic rings. The average molecular weight is 569 g/mol. The van der Waals surface area contributed by atoms with Crippen LogP contribution in [0.2, 0.25) is 0 Å². The molecule has 6 nitrogen and oxygen atoms in total. The van der Waals surface area contributed by atoms with Gasteiger partial charge in [0, 0.05) is 25.9 Å². The zero-order chi connectivity index (χ0) is 29.7. The monoisotopic (exact) mass is 568 g/mol. The molecule has 0 saturated carbocycles. The number of carbonyl (C=O) groups is 2. The second kappa shape index (κ2) is 15.4. The fraction of sp³-hybridized carbons (Fsp3) is 0.257. The summed E-state index contributed by atoms with van der Waals surface area (Å²) in [6, 6.07) is 30.4. The van der Waals surface area contributed by atoms with Gasteiger partial charge >= 0.3 is 0 Å². The van der Waals surface area contributed by atoms with Crippen molar-refractivity contribution < 1.29 is 23.5 Å². The first-order chi connectivity index (χ1) is 20.5. The molecule has 0 spiro atoms. The van der Waals surface area contributed by atoms with Gasteiger partial charge in [-0.2, -0.15) is 0 Å². The predicted octanol–water partition coefficient (Wildman–Crippen LogP) is 5.77. The van der Waals surface area contributed by atoms with Crippen LogP contribution >= 0.6 is 0 Å². The number of halogens is 1. The van der Waals surface area contributed by atoms with Gasteiger partial charge in [-0.15, -0.1) is 0 Å². The molecule has 2 amide bonds. The molecule has 0 aliphatic heterocycles. The Balaban J connectivity index is 1.55. The second-order valence-electron chi connectivity index (χ2n) is 10.1. The summed E-state index contributed by atoms with van der Waals surface area (Å²) in [6.07, 6.45) is 1.72. The first-order valence-corrected chi connectivity index (χ1v) is 14.1. The van der Waals surface area contributed by atoms with Crippen molar-refractivity contribution in [2.75, 3.05) is 20.8 Å². The standard InChI is InChI=1S/C35H37FN2O4/c1-41-32-19-15-28(24-33(32)42-2)21-22-37-35(40)31(23-27-11-7-4-8-12-27)38(25-29-13-17-30(36)18-14-29)34(39)20-16-26-9-5-3-6-10-26/h3-15,17-19,24,31H,16,20-23,25H2,1-2H3,(H,37,40). The molecule has 1 atom stereocenters. The number of methoxy groups -OCH3 is 2. The number of hydrogen-bond acceptors (Lipinski definition) is 4. The van der Waals surface area contributed by atoms with Crippen LogP contribution in [-0.4, -0.2) is 43.5 Å². The zero-order valence-electron chi connectivity index (χ0n) is 24.1. The van der Waals surface area contributed by atoms with Gasteiger partial charge in [0.2, 0.25) is 11.8 Å². The number of benzene rings is 4. The summed E-state index contributed by atoms with van der Waals surface area (Å²) in [5.74, 6) is 0.527. The Morgan fingerprint density at radius 3 is 2.00 bits per heavy atom. The highest BCUT2D eigenvalue weighted by Gasteiger charge is 2.30. The molecule has 1 N–H and O–H groups in total. The summed E-state index contributed by atoms with van der Waals surface area (Å²) < 4.78 is 24.4. The Hall–Kier alpha value is -4.65. The third-order valence-corrected chi connectivity index (χ3v) is 7.17. The molecule has 4 rings (SSSR count). The Labute approximate surface area is 247 Å². The molecular weight excluding hydrogens is 531 g/mol. The summed E-state index contributed by atoms with van der Waals surface area (Å²) in [6.45, 7) is 0.566. The molecule has 1 unspecified atom stereocenters. The largest absolute Gasteiger partial charge is 0.493 e. The summed E-state index contributed by atoms with van der Waals surface area (Å²) in [7, 11) is 3.17. The van der Waals surface area contributed by atoms with E-state index in [4.69, 9.17) is 9.47 Å². The lowest BCUT2D eigenvalue weighted by molar-refractivity contribution is -0.141. The van der Waals surface area contributed by atoms with Crippen molar-refractivity contribution in [3.8, 4) is 11.5 Å². The van der Waals surface area contributed by atoms with E-state index in [1.807, 2.05) is 78.9 Å². The van der Waals surface area contributed by atoms with Crippen LogP contribution in [0.25, 0.3) is 0 Å². The number of amides is 2. The molecule has 0 aromatic heterocycles. The lowest BCUT2D eigenvalue weighted by atomic mass is 10.0. The van der Waals surface area contributed by atoms with Gasteiger partial charge in [-0.05, 0) is 59.4 Å². The van der Waals surface area contributed by atoms with E-state index in [1.165, 1.54) is 12.1 Å². The molecule has 42 heavy (non-hydrogen) atoms. The van der Waals surface area contributed by atoms with E-state index < -0.39 is 6.04 Å². The lowest BCUT2D eigenvalue weighted by Crippen LogP contribution is -2.50. The summed E-state index contributed by atoms with van der Waals surface area (Å²) >= 11 is 0. The van der Waals surface area contributed by atoms with Crippen molar-refractivity contribution in [2.45, 2.75) is 38.3 Å². The van der Waals surface area contributed by atoms with Crippen LogP contribution in [0, 0.1) is 5.82 Å². The average Bonchev–Trinajstić information content (AvgIpc) is 3.03. The van der Waals surface area contributed by atoms with Gasteiger partial charge in [0.25, 0.3) is 0 Å². The van der Waals surface area contributed by atoms with E-state index in [0.717, 1.165) is 22.3 Å². The predicted molar refractivity (Wildman–Crippen MR) is 162 cm³/mol. The normalized spacial score (nSPS) is 11.4. The number of ether oxygens (including phenoxy) is 2. The summed E-state index contributed by atoms with van der Waals surface area (Å²) in [4.78, 5) is 29.2. The van der Waals surface area contributed by atoms with E-state index >= 15 is 0 Å². The minimum absolute atomic E-state index is 0.140. The van der Waals surface area contributed by atoms with Gasteiger partial charge in [0.05, 0.1) is 14.2 Å². The molecule has 0 bridgehead atoms. The van der Waals surface area contributed by atoms with E-state index in [9.17, 15) is 14.0 Å². The number of rotatable bonds is 14. The molecule has 0 saturated heterocycles. The molecule has 0 radical (unpaired) electrons. The van der Waals surface area contributed by atoms with Gasteiger partial charge in [0.1, 0.15) is 11.9 Å². The summed E-state index contributed by atoms with van der Waals surface area (Å²) in [5, 5.41) is 3.06. The maximum Gasteiger partial charge on any atom is 0.243 e. The van der Waals surface area contributed by atoms with Gasteiger partial charge in [-0.25, -0.2) is 4.39 Å². The highest BCUT2D eigenvalue weighted by Crippen LogP contribution is 2.27. The molecule has 7 heteroatoms. The fourth-order valence-electron chi connectivity index (χ4n) is 4.86. The minimum atomic E-state index is -0.758. The van der Waals surface area contributed by atoms with E-state index in [-0.39, 0.29) is 30.6 Å². The van der Waals surface area contributed by atoms with Crippen LogP contribution in [0.3, 0.4) is 0 Å². The van der Waals surface area contributed by atoms with Crippen molar-refractivity contribution in [1.82, 2.24) is 10.2 Å². The molecular formula is C35H37FN2O4. The Morgan fingerprint density at radius 2 is 1.36 bits per heavy atom. The second-order valence-corrected chi connectivity index (χ2v) is 10.1. The quantitative estimate of drug-likeness (QED) is 0.210. The van der Waals surface area contributed by atoms with Crippen LogP contribution < -0.4 is 14.8 Å². The highest BCUT2D eigenvalue weighted by atomic mass is 19.1. The SMILES string of the molecule is COc1ccc(CCNC(=O)C(Cc2ccccc2)N(Cc2ccc(F)cc2)C(=O)CCc2ccccc2)cc1OC. The van der Waals surface area contributed by atoms with Gasteiger partial charge in [-0.3, -0.25) is 9.59 Å². The fourth-order valence-corrected chi connectivity index (χ4v) is 4.86. The highest BCUT2D eigenvalue weighted by molar-refractivity contribution is 5.88. The molecule has 218 valence electrons. The van der Waals surface area contributed by atoms with Crippen molar-refractivity contribution in [3.63, 3.8) is 0 Å². The first-order valence-electron chi connectivity index (χ1n) is 14.1. The number of nitrogens with zero attached hydrogens (tertiary/aromatic N) is 1. The zero-order valence-corrected chi connectivity index (χ0v) is 24.1. The topological polar surface area (TPSA) is 67.9 Å². The number of carbonyl (C=O) groups excluding carboxylic acids is 2. The Morgan fingerprint density at radius 1 is 0.738 bits per heavy atom. The van der Waals surface area contributed by atoms with Gasteiger partial charge in [-0.1, -0.05) is 78.9 Å². The number of nitrogens with one attached hydrogen (secondary N) is 1. The maximum atomic E-state index is 13.8. The van der Waals surface area contributed by atoms with E-state index in [1.54, 1.807) is 31.3 Å². The molecule has 0 aliphatic carbocycles. The Bertz CT molecular complexity index is 1430. The van der Waals surface area contributed by atoms with Crippen LogP contribution in [0.4, 0.5) is 4.39 Å². The summed E-state index contributed by atoms with van der Waals surface area (Å²) in [5.41, 5.74) is 3.72. The molecule has 0 aliphatic rings. The maximum absolute atomic E-state index is 13.8.